The molecule has 3 heteroatoms. The Morgan fingerprint density at radius 3 is 2.43 bits per heavy atom. The summed E-state index contributed by atoms with van der Waals surface area (Å²) in [6.07, 6.45) is 3.56. The molecule has 0 saturated carbocycles. The number of hydrogen-bond donors (Lipinski definition) is 0. The molecule has 1 aromatic rings. The molecule has 0 heterocycles. The standard InChI is InChI=1S/C20H25NO2/c1-5-20(4)13-15(14-21)18(22)19(2,3)17(20)11-12-23-16-9-7-6-8-10-16/h6-10,13,17H,5,11-12H2,1-4H3. The maximum Gasteiger partial charge on any atom is 0.178 e. The van der Waals surface area contributed by atoms with Crippen molar-refractivity contribution in [2.24, 2.45) is 16.7 Å². The molecular weight excluding hydrogens is 286 g/mol. The molecule has 2 atom stereocenters. The van der Waals surface area contributed by atoms with Gasteiger partial charge in [0, 0.05) is 5.41 Å². The summed E-state index contributed by atoms with van der Waals surface area (Å²) in [6.45, 7) is 8.74. The van der Waals surface area contributed by atoms with E-state index >= 15 is 0 Å². The van der Waals surface area contributed by atoms with Crippen molar-refractivity contribution in [3.63, 3.8) is 0 Å². The second-order valence-electron chi connectivity index (χ2n) is 7.08. The van der Waals surface area contributed by atoms with Crippen LogP contribution >= 0.6 is 0 Å². The Morgan fingerprint density at radius 2 is 1.87 bits per heavy atom. The molecule has 1 aliphatic rings. The fourth-order valence-electron chi connectivity index (χ4n) is 3.76. The quantitative estimate of drug-likeness (QED) is 0.801. The van der Waals surface area contributed by atoms with E-state index in [9.17, 15) is 10.1 Å². The number of allylic oxidation sites excluding steroid dienone is 2. The third-order valence-electron chi connectivity index (χ3n) is 5.27. The van der Waals surface area contributed by atoms with E-state index < -0.39 is 5.41 Å². The van der Waals surface area contributed by atoms with Crippen LogP contribution in [-0.2, 0) is 4.79 Å². The van der Waals surface area contributed by atoms with E-state index in [1.54, 1.807) is 0 Å². The van der Waals surface area contributed by atoms with Crippen LogP contribution in [0.1, 0.15) is 40.5 Å². The number of para-hydroxylation sites is 1. The Labute approximate surface area is 139 Å². The van der Waals surface area contributed by atoms with Gasteiger partial charge in [0.15, 0.2) is 5.78 Å². The minimum absolute atomic E-state index is 0.0457. The van der Waals surface area contributed by atoms with E-state index in [2.05, 4.69) is 19.9 Å². The van der Waals surface area contributed by atoms with Crippen LogP contribution < -0.4 is 4.74 Å². The van der Waals surface area contributed by atoms with Crippen molar-refractivity contribution in [2.45, 2.75) is 40.5 Å². The molecule has 0 amide bonds. The molecule has 0 fully saturated rings. The lowest BCUT2D eigenvalue weighted by atomic mass is 9.55. The van der Waals surface area contributed by atoms with Crippen molar-refractivity contribution in [1.29, 1.82) is 5.26 Å². The summed E-state index contributed by atoms with van der Waals surface area (Å²) in [6, 6.07) is 11.8. The van der Waals surface area contributed by atoms with Crippen molar-refractivity contribution >= 4 is 5.78 Å². The number of nitriles is 1. The fraction of sp³-hybridized carbons (Fsp3) is 0.500. The van der Waals surface area contributed by atoms with Crippen molar-refractivity contribution in [3.05, 3.63) is 42.0 Å². The maximum absolute atomic E-state index is 12.6. The molecule has 0 saturated heterocycles. The maximum atomic E-state index is 12.6. The van der Waals surface area contributed by atoms with E-state index in [1.165, 1.54) is 0 Å². The number of carbonyl (C=O) groups is 1. The summed E-state index contributed by atoms with van der Waals surface area (Å²) >= 11 is 0. The topological polar surface area (TPSA) is 50.1 Å². The van der Waals surface area contributed by atoms with Crippen molar-refractivity contribution < 1.29 is 9.53 Å². The van der Waals surface area contributed by atoms with Gasteiger partial charge in [-0.05, 0) is 36.3 Å². The minimum Gasteiger partial charge on any atom is -0.494 e. The lowest BCUT2D eigenvalue weighted by Gasteiger charge is -2.47. The van der Waals surface area contributed by atoms with Crippen LogP contribution in [0.3, 0.4) is 0 Å². The smallest absolute Gasteiger partial charge is 0.178 e. The predicted octanol–water partition coefficient (Wildman–Crippen LogP) is 4.55. The van der Waals surface area contributed by atoms with Crippen LogP contribution in [0.4, 0.5) is 0 Å². The molecule has 23 heavy (non-hydrogen) atoms. The summed E-state index contributed by atoms with van der Waals surface area (Å²) in [5.74, 6) is 0.947. The van der Waals surface area contributed by atoms with Crippen LogP contribution in [0.5, 0.6) is 5.75 Å². The van der Waals surface area contributed by atoms with Gasteiger partial charge in [0.1, 0.15) is 11.8 Å². The van der Waals surface area contributed by atoms with E-state index in [-0.39, 0.29) is 17.1 Å². The van der Waals surface area contributed by atoms with Gasteiger partial charge in [0.25, 0.3) is 0 Å². The number of nitrogens with zero attached hydrogens (tertiary/aromatic N) is 1. The summed E-state index contributed by atoms with van der Waals surface area (Å²) in [5.41, 5.74) is -0.410. The SMILES string of the molecule is CCC1(C)C=C(C#N)C(=O)C(C)(C)C1CCOc1ccccc1. The summed E-state index contributed by atoms with van der Waals surface area (Å²) in [7, 11) is 0. The average molecular weight is 311 g/mol. The zero-order valence-electron chi connectivity index (χ0n) is 14.4. The van der Waals surface area contributed by atoms with Gasteiger partial charge in [-0.1, -0.05) is 52.0 Å². The van der Waals surface area contributed by atoms with Gasteiger partial charge < -0.3 is 4.74 Å². The normalized spacial score (nSPS) is 26.3. The Kier molecular flexibility index (Phi) is 4.94. The third-order valence-corrected chi connectivity index (χ3v) is 5.27. The molecule has 2 rings (SSSR count). The number of ether oxygens (including phenoxy) is 1. The highest BCUT2D eigenvalue weighted by Crippen LogP contribution is 2.51. The highest BCUT2D eigenvalue weighted by molar-refractivity contribution is 6.04. The molecule has 1 aliphatic carbocycles. The lowest BCUT2D eigenvalue weighted by Crippen LogP contribution is -2.47. The first-order valence-corrected chi connectivity index (χ1v) is 8.20. The molecule has 0 aliphatic heterocycles. The summed E-state index contributed by atoms with van der Waals surface area (Å²) in [5, 5.41) is 9.27. The second-order valence-corrected chi connectivity index (χ2v) is 7.08. The van der Waals surface area contributed by atoms with Gasteiger partial charge in [-0.2, -0.15) is 5.26 Å². The van der Waals surface area contributed by atoms with Crippen molar-refractivity contribution in [3.8, 4) is 11.8 Å². The molecule has 122 valence electrons. The Hall–Kier alpha value is -2.08. The van der Waals surface area contributed by atoms with Gasteiger partial charge in [0.2, 0.25) is 0 Å². The van der Waals surface area contributed by atoms with Crippen molar-refractivity contribution in [1.82, 2.24) is 0 Å². The second kappa shape index (κ2) is 6.58. The number of rotatable bonds is 5. The average Bonchev–Trinajstić information content (AvgIpc) is 2.55. The fourth-order valence-corrected chi connectivity index (χ4v) is 3.76. The molecule has 3 nitrogen and oxygen atoms in total. The predicted molar refractivity (Wildman–Crippen MR) is 90.9 cm³/mol. The number of ketones is 1. The van der Waals surface area contributed by atoms with Gasteiger partial charge in [0.05, 0.1) is 12.2 Å². The third kappa shape index (κ3) is 3.32. The molecule has 0 radical (unpaired) electrons. The highest BCUT2D eigenvalue weighted by atomic mass is 16.5. The minimum atomic E-state index is -0.551. The van der Waals surface area contributed by atoms with E-state index in [0.29, 0.717) is 12.2 Å². The first kappa shape index (κ1) is 17.3. The van der Waals surface area contributed by atoms with E-state index in [4.69, 9.17) is 4.74 Å². The summed E-state index contributed by atoms with van der Waals surface area (Å²) in [4.78, 5) is 12.6. The van der Waals surface area contributed by atoms with Gasteiger partial charge in [-0.15, -0.1) is 0 Å². The number of Topliss-reactive ketones (excluding diaryl/α,β-unsaturated/α-hetero) is 1. The largest absolute Gasteiger partial charge is 0.494 e. The van der Waals surface area contributed by atoms with Crippen LogP contribution in [0.15, 0.2) is 42.0 Å². The van der Waals surface area contributed by atoms with Crippen LogP contribution in [0.2, 0.25) is 0 Å². The van der Waals surface area contributed by atoms with Gasteiger partial charge >= 0.3 is 0 Å². The lowest BCUT2D eigenvalue weighted by molar-refractivity contribution is -0.130. The van der Waals surface area contributed by atoms with Crippen LogP contribution in [-0.4, -0.2) is 12.4 Å². The Morgan fingerprint density at radius 1 is 1.22 bits per heavy atom. The Bertz CT molecular complexity index is 639. The molecule has 0 aromatic heterocycles. The molecule has 0 bridgehead atoms. The highest BCUT2D eigenvalue weighted by Gasteiger charge is 2.50. The molecule has 1 aromatic carbocycles. The summed E-state index contributed by atoms with van der Waals surface area (Å²) < 4.78 is 5.83. The van der Waals surface area contributed by atoms with Gasteiger partial charge in [-0.3, -0.25) is 4.79 Å². The molecule has 0 spiro atoms. The van der Waals surface area contributed by atoms with E-state index in [1.807, 2.05) is 50.3 Å². The number of hydrogen-bond acceptors (Lipinski definition) is 3. The Balaban J connectivity index is 2.19. The van der Waals surface area contributed by atoms with Crippen LogP contribution in [0.25, 0.3) is 0 Å². The first-order valence-electron chi connectivity index (χ1n) is 8.20. The zero-order chi connectivity index (χ0) is 17.1. The first-order chi connectivity index (χ1) is 10.8. The van der Waals surface area contributed by atoms with Crippen LogP contribution in [0, 0.1) is 28.1 Å². The zero-order valence-corrected chi connectivity index (χ0v) is 14.4. The number of carbonyl (C=O) groups excluding carboxylic acids is 1. The molecule has 0 N–H and O–H groups in total. The van der Waals surface area contributed by atoms with E-state index in [0.717, 1.165) is 18.6 Å². The molecule has 2 unspecified atom stereocenters. The number of benzene rings is 1. The monoisotopic (exact) mass is 311 g/mol. The molecular formula is C20H25NO2. The van der Waals surface area contributed by atoms with Crippen molar-refractivity contribution in [2.75, 3.05) is 6.61 Å². The van der Waals surface area contributed by atoms with Gasteiger partial charge in [-0.25, -0.2) is 0 Å².